The highest BCUT2D eigenvalue weighted by Crippen LogP contribution is 2.23. The predicted octanol–water partition coefficient (Wildman–Crippen LogP) is 3.58. The van der Waals surface area contributed by atoms with Crippen LogP contribution in [0.25, 0.3) is 10.9 Å². The molecule has 0 bridgehead atoms. The summed E-state index contributed by atoms with van der Waals surface area (Å²) >= 11 is 0. The number of aromatic nitrogens is 1. The number of nitrogens with zero attached hydrogens (tertiary/aromatic N) is 3. The van der Waals surface area contributed by atoms with Crippen molar-refractivity contribution in [1.82, 2.24) is 14.8 Å². The molecule has 140 valence electrons. The van der Waals surface area contributed by atoms with Crippen LogP contribution in [0.2, 0.25) is 0 Å². The zero-order chi connectivity index (χ0) is 18.7. The Hall–Kier alpha value is -2.34. The number of hydrogen-bond donors (Lipinski definition) is 1. The number of nitrogens with one attached hydrogen (secondary N) is 1. The molecule has 0 spiro atoms. The third-order valence-electron chi connectivity index (χ3n) is 5.38. The molecular formula is C20H28N4O2. The maximum Gasteiger partial charge on any atom is 0.321 e. The molecule has 6 nitrogen and oxygen atoms in total. The van der Waals surface area contributed by atoms with Crippen molar-refractivity contribution in [2.45, 2.75) is 38.8 Å². The number of piperidine rings is 1. The third-order valence-corrected chi connectivity index (χ3v) is 5.38. The summed E-state index contributed by atoms with van der Waals surface area (Å²) in [5.41, 5.74) is 1.62. The fraction of sp³-hybridized carbons (Fsp3) is 0.500. The molecule has 1 aromatic heterocycles. The number of likely N-dealkylation sites (tertiary alicyclic amines) is 1. The molecule has 0 saturated carbocycles. The number of urea groups is 1. The minimum absolute atomic E-state index is 0.0621. The van der Waals surface area contributed by atoms with Gasteiger partial charge in [-0.3, -0.25) is 0 Å². The van der Waals surface area contributed by atoms with Crippen molar-refractivity contribution in [3.05, 3.63) is 30.3 Å². The SMILES string of the molecule is CCN1CCC(N(C)C(=O)Nc2ccc3nc(OC)ccc3c2)CC1C. The molecule has 1 aliphatic rings. The van der Waals surface area contributed by atoms with Crippen LogP contribution in [0, 0.1) is 0 Å². The third kappa shape index (κ3) is 3.90. The van der Waals surface area contributed by atoms with Crippen molar-refractivity contribution >= 4 is 22.6 Å². The maximum absolute atomic E-state index is 12.7. The second-order valence-electron chi connectivity index (χ2n) is 6.96. The number of methoxy groups -OCH3 is 1. The number of hydrogen-bond acceptors (Lipinski definition) is 4. The Labute approximate surface area is 155 Å². The van der Waals surface area contributed by atoms with Crippen LogP contribution in [-0.4, -0.2) is 60.1 Å². The molecule has 2 atom stereocenters. The fourth-order valence-corrected chi connectivity index (χ4v) is 3.69. The topological polar surface area (TPSA) is 57.7 Å². The van der Waals surface area contributed by atoms with Gasteiger partial charge in [-0.05, 0) is 50.6 Å². The van der Waals surface area contributed by atoms with Gasteiger partial charge in [0, 0.05) is 42.8 Å². The minimum atomic E-state index is -0.0621. The largest absolute Gasteiger partial charge is 0.481 e. The summed E-state index contributed by atoms with van der Waals surface area (Å²) in [6.07, 6.45) is 2.03. The molecule has 2 amide bonds. The molecule has 1 fully saturated rings. The number of carbonyl (C=O) groups excluding carboxylic acids is 1. The van der Waals surface area contributed by atoms with Crippen molar-refractivity contribution in [2.75, 3.05) is 32.6 Å². The van der Waals surface area contributed by atoms with E-state index in [0.29, 0.717) is 11.9 Å². The second kappa shape index (κ2) is 7.91. The van der Waals surface area contributed by atoms with E-state index in [9.17, 15) is 4.79 Å². The van der Waals surface area contributed by atoms with Gasteiger partial charge < -0.3 is 19.9 Å². The van der Waals surface area contributed by atoms with Gasteiger partial charge in [-0.2, -0.15) is 0 Å². The van der Waals surface area contributed by atoms with Crippen molar-refractivity contribution < 1.29 is 9.53 Å². The summed E-state index contributed by atoms with van der Waals surface area (Å²) in [5, 5.41) is 3.98. The normalized spacial score (nSPS) is 20.8. The van der Waals surface area contributed by atoms with E-state index in [1.807, 2.05) is 42.3 Å². The van der Waals surface area contributed by atoms with Crippen LogP contribution < -0.4 is 10.1 Å². The van der Waals surface area contributed by atoms with Gasteiger partial charge in [0.1, 0.15) is 0 Å². The number of anilines is 1. The van der Waals surface area contributed by atoms with Crippen molar-refractivity contribution in [1.29, 1.82) is 0 Å². The van der Waals surface area contributed by atoms with E-state index in [2.05, 4.69) is 29.0 Å². The van der Waals surface area contributed by atoms with Crippen molar-refractivity contribution in [2.24, 2.45) is 0 Å². The van der Waals surface area contributed by atoms with Gasteiger partial charge in [-0.25, -0.2) is 9.78 Å². The van der Waals surface area contributed by atoms with Gasteiger partial charge in [0.15, 0.2) is 0 Å². The summed E-state index contributed by atoms with van der Waals surface area (Å²) < 4.78 is 5.15. The molecular weight excluding hydrogens is 328 g/mol. The lowest BCUT2D eigenvalue weighted by Gasteiger charge is -2.40. The summed E-state index contributed by atoms with van der Waals surface area (Å²) in [6.45, 7) is 6.55. The minimum Gasteiger partial charge on any atom is -0.481 e. The van der Waals surface area contributed by atoms with Gasteiger partial charge in [0.25, 0.3) is 0 Å². The monoisotopic (exact) mass is 356 g/mol. The Morgan fingerprint density at radius 1 is 1.38 bits per heavy atom. The summed E-state index contributed by atoms with van der Waals surface area (Å²) in [4.78, 5) is 21.4. The first-order valence-corrected chi connectivity index (χ1v) is 9.24. The molecule has 1 saturated heterocycles. The highest BCUT2D eigenvalue weighted by molar-refractivity contribution is 5.92. The van der Waals surface area contributed by atoms with Crippen molar-refractivity contribution in [3.8, 4) is 5.88 Å². The zero-order valence-corrected chi connectivity index (χ0v) is 16.0. The summed E-state index contributed by atoms with van der Waals surface area (Å²) in [5.74, 6) is 0.585. The zero-order valence-electron chi connectivity index (χ0n) is 16.0. The van der Waals surface area contributed by atoms with Gasteiger partial charge in [0.05, 0.1) is 12.6 Å². The van der Waals surface area contributed by atoms with Crippen LogP contribution in [-0.2, 0) is 0 Å². The van der Waals surface area contributed by atoms with E-state index >= 15 is 0 Å². The number of rotatable bonds is 4. The van der Waals surface area contributed by atoms with Crippen LogP contribution in [0.5, 0.6) is 5.88 Å². The molecule has 3 rings (SSSR count). The van der Waals surface area contributed by atoms with E-state index in [1.54, 1.807) is 7.11 Å². The standard InChI is InChI=1S/C20H28N4O2/c1-5-24-11-10-17(12-14(24)2)23(3)20(25)21-16-7-8-18-15(13-16)6-9-19(22-18)26-4/h6-9,13-14,17H,5,10-12H2,1-4H3,(H,21,25). The molecule has 6 heteroatoms. The number of fused-ring (bicyclic) bond motifs is 1. The Bertz CT molecular complexity index is 779. The lowest BCUT2D eigenvalue weighted by Crippen LogP contribution is -2.50. The average molecular weight is 356 g/mol. The first-order chi connectivity index (χ1) is 12.5. The molecule has 2 unspecified atom stereocenters. The summed E-state index contributed by atoms with van der Waals surface area (Å²) in [7, 11) is 3.49. The van der Waals surface area contributed by atoms with Crippen LogP contribution in [0.4, 0.5) is 10.5 Å². The molecule has 26 heavy (non-hydrogen) atoms. The Kier molecular flexibility index (Phi) is 5.61. The first-order valence-electron chi connectivity index (χ1n) is 9.24. The van der Waals surface area contributed by atoms with E-state index in [-0.39, 0.29) is 12.1 Å². The lowest BCUT2D eigenvalue weighted by atomic mass is 9.97. The molecule has 2 heterocycles. The lowest BCUT2D eigenvalue weighted by molar-refractivity contribution is 0.104. The van der Waals surface area contributed by atoms with E-state index in [4.69, 9.17) is 4.74 Å². The number of benzene rings is 1. The highest BCUT2D eigenvalue weighted by Gasteiger charge is 2.29. The first kappa shape index (κ1) is 18.5. The molecule has 1 aromatic carbocycles. The molecule has 0 radical (unpaired) electrons. The van der Waals surface area contributed by atoms with Crippen molar-refractivity contribution in [3.63, 3.8) is 0 Å². The Morgan fingerprint density at radius 3 is 2.88 bits per heavy atom. The predicted molar refractivity (Wildman–Crippen MR) is 105 cm³/mol. The quantitative estimate of drug-likeness (QED) is 0.910. The van der Waals surface area contributed by atoms with Gasteiger partial charge in [-0.15, -0.1) is 0 Å². The summed E-state index contributed by atoms with van der Waals surface area (Å²) in [6, 6.07) is 10.2. The number of pyridine rings is 1. The van der Waals surface area contributed by atoms with Gasteiger partial charge in [0.2, 0.25) is 5.88 Å². The molecule has 1 N–H and O–H groups in total. The number of amides is 2. The van der Waals surface area contributed by atoms with E-state index < -0.39 is 0 Å². The number of carbonyl (C=O) groups is 1. The molecule has 0 aliphatic carbocycles. The van der Waals surface area contributed by atoms with Crippen LogP contribution in [0.3, 0.4) is 0 Å². The van der Waals surface area contributed by atoms with Crippen LogP contribution in [0.15, 0.2) is 30.3 Å². The average Bonchev–Trinajstić information content (AvgIpc) is 2.66. The van der Waals surface area contributed by atoms with E-state index in [1.165, 1.54) is 0 Å². The van der Waals surface area contributed by atoms with Crippen LogP contribution >= 0.6 is 0 Å². The molecule has 2 aromatic rings. The van der Waals surface area contributed by atoms with Gasteiger partial charge in [-0.1, -0.05) is 6.92 Å². The van der Waals surface area contributed by atoms with E-state index in [0.717, 1.165) is 42.5 Å². The smallest absolute Gasteiger partial charge is 0.321 e. The Morgan fingerprint density at radius 2 is 2.19 bits per heavy atom. The maximum atomic E-state index is 12.7. The van der Waals surface area contributed by atoms with Crippen LogP contribution in [0.1, 0.15) is 26.7 Å². The molecule has 1 aliphatic heterocycles. The fourth-order valence-electron chi connectivity index (χ4n) is 3.69. The number of ether oxygens (including phenoxy) is 1. The second-order valence-corrected chi connectivity index (χ2v) is 6.96. The Balaban J connectivity index is 1.66. The van der Waals surface area contributed by atoms with Gasteiger partial charge >= 0.3 is 6.03 Å². The highest BCUT2D eigenvalue weighted by atomic mass is 16.5.